The first-order valence-corrected chi connectivity index (χ1v) is 32.6. The van der Waals surface area contributed by atoms with Gasteiger partial charge < -0.3 is 58.6 Å². The van der Waals surface area contributed by atoms with Gasteiger partial charge in [0, 0.05) is 55.0 Å². The predicted molar refractivity (Wildman–Crippen MR) is 333 cm³/mol. The Labute approximate surface area is 586 Å². The first-order chi connectivity index (χ1) is 41.5. The SMILES string of the molecule is CCCCCCCCC(/C=C/CCCCCCC(=O)OC(COC(=O)CCCCCCC/C=C\C=C\C(CCCCC)C(CC(=O)[O-])C(=O)[O-])COC(=O)CCCCCCC/C=C\C/C=C\C=C\C(CC)C(CC(=O)[O-])C(=O)[O-])C1CC(=O)OC1=O.[Ca+2].[Ca+2]. The molecule has 1 aliphatic rings. The average Bonchev–Trinajstić information content (AvgIpc) is 2.60. The minimum Gasteiger partial charge on any atom is -0.550 e. The Morgan fingerprint density at radius 3 is 1.44 bits per heavy atom. The van der Waals surface area contributed by atoms with Gasteiger partial charge in [0.25, 0.3) is 0 Å². The zero-order valence-electron chi connectivity index (χ0n) is 53.7. The second-order valence-electron chi connectivity index (χ2n) is 22.9. The topological polar surface area (TPSA) is 283 Å². The van der Waals surface area contributed by atoms with Crippen molar-refractivity contribution < 1.29 is 82.5 Å². The van der Waals surface area contributed by atoms with Crippen molar-refractivity contribution in [3.05, 3.63) is 72.9 Å². The molecule has 1 heterocycles. The van der Waals surface area contributed by atoms with Crippen LogP contribution in [-0.4, -0.2) is 149 Å². The fraction of sp³-hybridized carbons (Fsp3) is 0.696. The summed E-state index contributed by atoms with van der Waals surface area (Å²) in [5, 5.41) is 45.2. The molecular formula is C69H104Ca2O17. The normalized spacial score (nSPS) is 15.5. The molecule has 7 atom stereocenters. The summed E-state index contributed by atoms with van der Waals surface area (Å²) in [6, 6.07) is 0. The second-order valence-corrected chi connectivity index (χ2v) is 22.9. The fourth-order valence-corrected chi connectivity index (χ4v) is 10.4. The zero-order valence-corrected chi connectivity index (χ0v) is 58.1. The quantitative estimate of drug-likeness (QED) is 0.0104. The van der Waals surface area contributed by atoms with Crippen molar-refractivity contribution in [2.75, 3.05) is 13.2 Å². The molecule has 486 valence electrons. The largest absolute Gasteiger partial charge is 2.00 e. The fourth-order valence-electron chi connectivity index (χ4n) is 10.4. The smallest absolute Gasteiger partial charge is 0.550 e. The van der Waals surface area contributed by atoms with Gasteiger partial charge >= 0.3 is 105 Å². The number of carbonyl (C=O) groups is 9. The van der Waals surface area contributed by atoms with E-state index in [2.05, 4.69) is 25.2 Å². The molecule has 1 rings (SSSR count). The third-order valence-corrected chi connectivity index (χ3v) is 15.5. The number of rotatable bonds is 56. The first kappa shape index (κ1) is 86.5. The number of allylic oxidation sites excluding steroid dienone is 12. The molecule has 0 radical (unpaired) electrons. The molecule has 0 amide bonds. The van der Waals surface area contributed by atoms with Crippen molar-refractivity contribution in [3.63, 3.8) is 0 Å². The molecule has 0 N–H and O–H groups in total. The van der Waals surface area contributed by atoms with Gasteiger partial charge in [-0.25, -0.2) is 0 Å². The molecule has 0 aromatic rings. The zero-order chi connectivity index (χ0) is 63.4. The van der Waals surface area contributed by atoms with E-state index in [1.54, 1.807) is 37.3 Å². The summed E-state index contributed by atoms with van der Waals surface area (Å²) in [4.78, 5) is 108. The summed E-state index contributed by atoms with van der Waals surface area (Å²) in [7, 11) is 0. The molecule has 17 nitrogen and oxygen atoms in total. The third kappa shape index (κ3) is 47.3. The van der Waals surface area contributed by atoms with E-state index in [4.69, 9.17) is 18.9 Å². The molecule has 88 heavy (non-hydrogen) atoms. The molecule has 0 aromatic carbocycles. The van der Waals surface area contributed by atoms with Crippen molar-refractivity contribution in [1.82, 2.24) is 0 Å². The molecule has 0 aromatic heterocycles. The Hall–Kier alpha value is -3.61. The van der Waals surface area contributed by atoms with Gasteiger partial charge in [-0.1, -0.05) is 203 Å². The maximum atomic E-state index is 13.0. The summed E-state index contributed by atoms with van der Waals surface area (Å²) in [6.45, 7) is 5.52. The van der Waals surface area contributed by atoms with Crippen molar-refractivity contribution in [2.45, 2.75) is 258 Å². The minimum absolute atomic E-state index is 0. The minimum atomic E-state index is -1.42. The Morgan fingerprint density at radius 1 is 0.489 bits per heavy atom. The van der Waals surface area contributed by atoms with Gasteiger partial charge in [-0.3, -0.25) is 24.0 Å². The molecule has 1 saturated heterocycles. The number of carboxylic acid groups (broad SMARTS) is 4. The van der Waals surface area contributed by atoms with Gasteiger partial charge in [0.15, 0.2) is 6.10 Å². The molecule has 1 aliphatic heterocycles. The number of ether oxygens (including phenoxy) is 4. The van der Waals surface area contributed by atoms with Crippen LogP contribution in [0.2, 0.25) is 0 Å². The summed E-state index contributed by atoms with van der Waals surface area (Å²) in [5.41, 5.74) is 0. The van der Waals surface area contributed by atoms with Gasteiger partial charge in [0.2, 0.25) is 0 Å². The monoisotopic (exact) mass is 1280 g/mol. The van der Waals surface area contributed by atoms with E-state index < -0.39 is 102 Å². The number of cyclic esters (lactones) is 2. The van der Waals surface area contributed by atoms with Crippen LogP contribution >= 0.6 is 0 Å². The van der Waals surface area contributed by atoms with Gasteiger partial charge in [-0.15, -0.1) is 0 Å². The van der Waals surface area contributed by atoms with E-state index >= 15 is 0 Å². The van der Waals surface area contributed by atoms with Gasteiger partial charge in [-0.2, -0.15) is 0 Å². The van der Waals surface area contributed by atoms with Crippen LogP contribution in [0.1, 0.15) is 252 Å². The van der Waals surface area contributed by atoms with Crippen LogP contribution in [-0.2, 0) is 62.1 Å². The number of carbonyl (C=O) groups excluding carboxylic acids is 9. The van der Waals surface area contributed by atoms with Gasteiger partial charge in [0.1, 0.15) is 13.2 Å². The third-order valence-electron chi connectivity index (χ3n) is 15.5. The number of esters is 5. The molecule has 0 bridgehead atoms. The average molecular weight is 1290 g/mol. The number of carboxylic acids is 4. The standard InChI is InChI=1S/C69H108O17.2Ca/c1-4-7-9-10-26-36-44-56(60-51-66(77)86-69(60)82)45-37-29-24-25-32-40-48-65(76)85-57(52-83-63(74)46-38-30-22-18-14-12-11-13-16-20-27-34-41-54(6-3)58(67(78)79)49-61(70)71)53-84-64(75)47-39-31-23-19-15-17-21-28-35-43-55(42-33-8-5-2)59(68(80)81)50-62(72)73;;/h11,13,20-21,27-28,34-35,37,41,43,45,54-60H,4-10,12,14-19,22-26,29-33,36,38-40,42,44,46-53H2,1-3H3,(H,70,71)(H,72,73)(H,78,79)(H,80,81);;/q;2*+2/p-4/b13-11-,27-20-,28-21-,41-34+,43-35+,45-37+;;. The maximum absolute atomic E-state index is 13.0. The summed E-state index contributed by atoms with van der Waals surface area (Å²) in [5.74, 6) is -11.5. The van der Waals surface area contributed by atoms with Crippen LogP contribution in [0.25, 0.3) is 0 Å². The summed E-state index contributed by atoms with van der Waals surface area (Å²) < 4.78 is 21.6. The Balaban J connectivity index is 0. The van der Waals surface area contributed by atoms with E-state index in [-0.39, 0.29) is 120 Å². The van der Waals surface area contributed by atoms with E-state index in [1.807, 2.05) is 31.2 Å². The molecule has 0 aliphatic carbocycles. The van der Waals surface area contributed by atoms with Gasteiger partial charge in [-0.05, 0) is 114 Å². The van der Waals surface area contributed by atoms with Crippen molar-refractivity contribution in [3.8, 4) is 0 Å². The van der Waals surface area contributed by atoms with Gasteiger partial charge in [0.05, 0.1) is 12.3 Å². The van der Waals surface area contributed by atoms with Crippen LogP contribution in [0.3, 0.4) is 0 Å². The molecular weight excluding hydrogens is 1180 g/mol. The van der Waals surface area contributed by atoms with Crippen molar-refractivity contribution >= 4 is 129 Å². The van der Waals surface area contributed by atoms with E-state index in [9.17, 15) is 63.6 Å². The number of unbranched alkanes of at least 4 members (excludes halogenated alkanes) is 21. The van der Waals surface area contributed by atoms with E-state index in [0.717, 1.165) is 135 Å². The van der Waals surface area contributed by atoms with Crippen LogP contribution in [0.4, 0.5) is 0 Å². The number of hydrogen-bond acceptors (Lipinski definition) is 17. The first-order valence-electron chi connectivity index (χ1n) is 32.6. The van der Waals surface area contributed by atoms with E-state index in [0.29, 0.717) is 38.5 Å². The predicted octanol–water partition coefficient (Wildman–Crippen LogP) is 9.44. The van der Waals surface area contributed by atoms with Crippen LogP contribution < -0.4 is 20.4 Å². The number of hydrogen-bond donors (Lipinski definition) is 0. The second kappa shape index (κ2) is 58.5. The Morgan fingerprint density at radius 2 is 0.932 bits per heavy atom. The van der Waals surface area contributed by atoms with Crippen molar-refractivity contribution in [2.24, 2.45) is 35.5 Å². The van der Waals surface area contributed by atoms with Crippen LogP contribution in [0.15, 0.2) is 72.9 Å². The molecule has 0 spiro atoms. The maximum Gasteiger partial charge on any atom is 2.00 e. The molecule has 1 fully saturated rings. The summed E-state index contributed by atoms with van der Waals surface area (Å²) >= 11 is 0. The number of aliphatic carboxylic acids is 4. The molecule has 19 heteroatoms. The summed E-state index contributed by atoms with van der Waals surface area (Å²) in [6.07, 6.45) is 47.5. The van der Waals surface area contributed by atoms with Crippen LogP contribution in [0.5, 0.6) is 0 Å². The molecule has 7 unspecified atom stereocenters. The molecule has 0 saturated carbocycles. The van der Waals surface area contributed by atoms with Crippen molar-refractivity contribution in [1.29, 1.82) is 0 Å². The van der Waals surface area contributed by atoms with Crippen LogP contribution in [0, 0.1) is 35.5 Å². The Bertz CT molecular complexity index is 2130. The Kier molecular flexibility index (Phi) is 57.4. The van der Waals surface area contributed by atoms with E-state index in [1.165, 1.54) is 19.3 Å².